The van der Waals surface area contributed by atoms with Crippen LogP contribution in [0.4, 0.5) is 0 Å². The number of carbonyl (C=O) groups is 1. The minimum Gasteiger partial charge on any atom is -0.481 e. The lowest BCUT2D eigenvalue weighted by molar-refractivity contribution is -0.123. The Bertz CT molecular complexity index is 861. The predicted octanol–water partition coefficient (Wildman–Crippen LogP) is 4.25. The number of nitrogens with one attached hydrogen (secondary N) is 1. The number of carbonyl (C=O) groups excluding carboxylic acids is 1. The van der Waals surface area contributed by atoms with Crippen molar-refractivity contribution in [3.05, 3.63) is 70.8 Å². The Kier molecular flexibility index (Phi) is 5.11. The Morgan fingerprint density at radius 1 is 1.17 bits per heavy atom. The third kappa shape index (κ3) is 3.74. The van der Waals surface area contributed by atoms with E-state index in [1.54, 1.807) is 6.20 Å². The van der Waals surface area contributed by atoms with E-state index in [0.717, 1.165) is 20.9 Å². The zero-order valence-corrected chi connectivity index (χ0v) is 14.8. The smallest absolute Gasteiger partial charge is 0.258 e. The zero-order valence-electron chi connectivity index (χ0n) is 13.2. The highest BCUT2D eigenvalue weighted by atomic mass is 79.9. The molecule has 0 aliphatic rings. The molecule has 0 spiro atoms. The van der Waals surface area contributed by atoms with Crippen molar-refractivity contribution >= 4 is 32.7 Å². The van der Waals surface area contributed by atoms with E-state index in [1.165, 1.54) is 0 Å². The number of hydrogen-bond donors (Lipinski definition) is 1. The number of benzene rings is 2. The monoisotopic (exact) mass is 384 g/mol. The number of rotatable bonds is 5. The number of pyridine rings is 1. The molecule has 0 radical (unpaired) electrons. The maximum atomic E-state index is 12.2. The molecule has 0 bridgehead atoms. The maximum absolute atomic E-state index is 12.2. The molecule has 122 valence electrons. The summed E-state index contributed by atoms with van der Waals surface area (Å²) in [4.78, 5) is 16.5. The number of nitrogens with zero attached hydrogens (tertiary/aromatic N) is 1. The van der Waals surface area contributed by atoms with Crippen molar-refractivity contribution in [3.8, 4) is 5.75 Å². The Morgan fingerprint density at radius 2 is 1.96 bits per heavy atom. The third-order valence-electron chi connectivity index (χ3n) is 3.70. The molecule has 0 saturated heterocycles. The van der Waals surface area contributed by atoms with Crippen LogP contribution in [-0.4, -0.2) is 17.5 Å². The summed E-state index contributed by atoms with van der Waals surface area (Å²) < 4.78 is 6.63. The fourth-order valence-corrected chi connectivity index (χ4v) is 3.15. The van der Waals surface area contributed by atoms with Gasteiger partial charge in [-0.1, -0.05) is 52.3 Å². The molecule has 1 amide bonds. The summed E-state index contributed by atoms with van der Waals surface area (Å²) in [6.07, 6.45) is 1.71. The molecule has 1 N–H and O–H groups in total. The zero-order chi connectivity index (χ0) is 16.9. The number of halogens is 1. The van der Waals surface area contributed by atoms with Crippen molar-refractivity contribution in [1.82, 2.24) is 10.3 Å². The summed E-state index contributed by atoms with van der Waals surface area (Å²) in [5.74, 6) is 0.433. The standard InChI is InChI=1S/C19H17BrN2O2/c1-13(15-8-2-3-9-16(15)20)22-18(23)12-24-17-10-4-6-14-7-5-11-21-19(14)17/h2-11,13H,12H2,1H3,(H,22,23)/t13-/m0/s1. The van der Waals surface area contributed by atoms with Gasteiger partial charge in [0.1, 0.15) is 11.3 Å². The second-order valence-electron chi connectivity index (χ2n) is 5.43. The Balaban J connectivity index is 1.64. The van der Waals surface area contributed by atoms with Gasteiger partial charge in [-0.2, -0.15) is 0 Å². The van der Waals surface area contributed by atoms with Gasteiger partial charge in [0.05, 0.1) is 6.04 Å². The van der Waals surface area contributed by atoms with Gasteiger partial charge in [0.2, 0.25) is 0 Å². The van der Waals surface area contributed by atoms with Crippen molar-refractivity contribution in [1.29, 1.82) is 0 Å². The number of fused-ring (bicyclic) bond motifs is 1. The second kappa shape index (κ2) is 7.45. The number of aromatic nitrogens is 1. The minimum atomic E-state index is -0.175. The molecule has 4 nitrogen and oxygen atoms in total. The van der Waals surface area contributed by atoms with Crippen molar-refractivity contribution in [2.75, 3.05) is 6.61 Å². The first-order valence-corrected chi connectivity index (χ1v) is 8.45. The molecular weight excluding hydrogens is 368 g/mol. The Morgan fingerprint density at radius 3 is 2.79 bits per heavy atom. The first-order chi connectivity index (χ1) is 11.6. The van der Waals surface area contributed by atoms with E-state index in [-0.39, 0.29) is 18.6 Å². The summed E-state index contributed by atoms with van der Waals surface area (Å²) in [7, 11) is 0. The average molecular weight is 385 g/mol. The highest BCUT2D eigenvalue weighted by molar-refractivity contribution is 9.10. The van der Waals surface area contributed by atoms with Crippen LogP contribution < -0.4 is 10.1 Å². The molecular formula is C19H17BrN2O2. The van der Waals surface area contributed by atoms with Gasteiger partial charge >= 0.3 is 0 Å². The van der Waals surface area contributed by atoms with Crippen LogP contribution in [0.15, 0.2) is 65.3 Å². The van der Waals surface area contributed by atoms with Gasteiger partial charge in [-0.15, -0.1) is 0 Å². The SMILES string of the molecule is C[C@H](NC(=O)COc1cccc2cccnc12)c1ccccc1Br. The minimum absolute atomic E-state index is 0.0511. The van der Waals surface area contributed by atoms with E-state index in [9.17, 15) is 4.79 Å². The molecule has 0 aliphatic heterocycles. The lowest BCUT2D eigenvalue weighted by Gasteiger charge is -2.16. The summed E-state index contributed by atoms with van der Waals surface area (Å²) in [6.45, 7) is 1.89. The summed E-state index contributed by atoms with van der Waals surface area (Å²) in [6, 6.07) is 17.2. The number of hydrogen-bond acceptors (Lipinski definition) is 3. The van der Waals surface area contributed by atoms with Gasteiger partial charge in [-0.25, -0.2) is 0 Å². The van der Waals surface area contributed by atoms with Crippen molar-refractivity contribution in [2.24, 2.45) is 0 Å². The van der Waals surface area contributed by atoms with Crippen LogP contribution in [0, 0.1) is 0 Å². The van der Waals surface area contributed by atoms with Crippen LogP contribution in [0.3, 0.4) is 0 Å². The summed E-state index contributed by atoms with van der Waals surface area (Å²) in [5, 5.41) is 3.92. The number of ether oxygens (including phenoxy) is 1. The van der Waals surface area contributed by atoms with Crippen molar-refractivity contribution in [3.63, 3.8) is 0 Å². The van der Waals surface area contributed by atoms with Gasteiger partial charge in [-0.05, 0) is 30.7 Å². The van der Waals surface area contributed by atoms with Gasteiger partial charge in [0.15, 0.2) is 6.61 Å². The molecule has 1 aromatic heterocycles. The van der Waals surface area contributed by atoms with E-state index >= 15 is 0 Å². The number of amides is 1. The highest BCUT2D eigenvalue weighted by Gasteiger charge is 2.13. The fourth-order valence-electron chi connectivity index (χ4n) is 2.52. The Hall–Kier alpha value is -2.40. The van der Waals surface area contributed by atoms with Crippen LogP contribution in [0.5, 0.6) is 5.75 Å². The van der Waals surface area contributed by atoms with Crippen LogP contribution in [-0.2, 0) is 4.79 Å². The van der Waals surface area contributed by atoms with Crippen LogP contribution in [0.2, 0.25) is 0 Å². The van der Waals surface area contributed by atoms with Crippen LogP contribution in [0.25, 0.3) is 10.9 Å². The number of para-hydroxylation sites is 1. The quantitative estimate of drug-likeness (QED) is 0.714. The molecule has 1 heterocycles. The molecule has 0 unspecified atom stereocenters. The molecule has 0 saturated carbocycles. The van der Waals surface area contributed by atoms with Gasteiger partial charge in [-0.3, -0.25) is 9.78 Å². The molecule has 2 aromatic carbocycles. The molecule has 3 rings (SSSR count). The van der Waals surface area contributed by atoms with E-state index in [0.29, 0.717) is 5.75 Å². The maximum Gasteiger partial charge on any atom is 0.258 e. The highest BCUT2D eigenvalue weighted by Crippen LogP contribution is 2.24. The van der Waals surface area contributed by atoms with E-state index < -0.39 is 0 Å². The Labute approximate surface area is 149 Å². The predicted molar refractivity (Wildman–Crippen MR) is 97.9 cm³/mol. The lowest BCUT2D eigenvalue weighted by Crippen LogP contribution is -2.31. The van der Waals surface area contributed by atoms with Gasteiger partial charge in [0, 0.05) is 16.1 Å². The third-order valence-corrected chi connectivity index (χ3v) is 4.43. The topological polar surface area (TPSA) is 51.2 Å². The fraction of sp³-hybridized carbons (Fsp3) is 0.158. The molecule has 0 aliphatic carbocycles. The van der Waals surface area contributed by atoms with Crippen molar-refractivity contribution in [2.45, 2.75) is 13.0 Å². The van der Waals surface area contributed by atoms with E-state index in [4.69, 9.17) is 4.74 Å². The average Bonchev–Trinajstić information content (AvgIpc) is 2.60. The molecule has 5 heteroatoms. The summed E-state index contributed by atoms with van der Waals surface area (Å²) >= 11 is 3.50. The first-order valence-electron chi connectivity index (χ1n) is 7.65. The first kappa shape index (κ1) is 16.5. The van der Waals surface area contributed by atoms with Crippen LogP contribution >= 0.6 is 15.9 Å². The molecule has 3 aromatic rings. The molecule has 24 heavy (non-hydrogen) atoms. The van der Waals surface area contributed by atoms with E-state index in [2.05, 4.69) is 26.2 Å². The lowest BCUT2D eigenvalue weighted by atomic mass is 10.1. The normalized spacial score (nSPS) is 11.9. The molecule has 0 fully saturated rings. The van der Waals surface area contributed by atoms with Gasteiger partial charge < -0.3 is 10.1 Å². The van der Waals surface area contributed by atoms with Crippen LogP contribution in [0.1, 0.15) is 18.5 Å². The molecule has 1 atom stereocenters. The van der Waals surface area contributed by atoms with Crippen molar-refractivity contribution < 1.29 is 9.53 Å². The van der Waals surface area contributed by atoms with Gasteiger partial charge in [0.25, 0.3) is 5.91 Å². The second-order valence-corrected chi connectivity index (χ2v) is 6.28. The summed E-state index contributed by atoms with van der Waals surface area (Å²) in [5.41, 5.74) is 1.78. The largest absolute Gasteiger partial charge is 0.481 e. The van der Waals surface area contributed by atoms with E-state index in [1.807, 2.05) is 61.5 Å².